The summed E-state index contributed by atoms with van der Waals surface area (Å²) in [5, 5.41) is 0. The van der Waals surface area contributed by atoms with Crippen LogP contribution in [0.25, 0.3) is 11.1 Å². The van der Waals surface area contributed by atoms with Gasteiger partial charge in [0.25, 0.3) is 0 Å². The van der Waals surface area contributed by atoms with Gasteiger partial charge in [-0.1, -0.05) is 48.5 Å². The zero-order valence-electron chi connectivity index (χ0n) is 8.33. The predicted molar refractivity (Wildman–Crippen MR) is 60.4 cm³/mol. The van der Waals surface area contributed by atoms with Gasteiger partial charge in [0.1, 0.15) is 0 Å². The van der Waals surface area contributed by atoms with Crippen molar-refractivity contribution in [3.63, 3.8) is 0 Å². The van der Waals surface area contributed by atoms with Gasteiger partial charge in [0.2, 0.25) is 0 Å². The summed E-state index contributed by atoms with van der Waals surface area (Å²) in [7, 11) is 0. The van der Waals surface area contributed by atoms with E-state index in [-0.39, 0.29) is 51.4 Å². The topological polar surface area (TPSA) is 0 Å². The van der Waals surface area contributed by atoms with Gasteiger partial charge in [-0.15, -0.1) is 0 Å². The van der Waals surface area contributed by atoms with Crippen LogP contribution in [-0.2, 0) is 6.42 Å². The molecule has 0 spiro atoms. The number of hydrogen-bond donors (Lipinski definition) is 0. The Hall–Kier alpha value is 0.0764. The zero-order chi connectivity index (χ0) is 8.67. The molecule has 1 radical (unpaired) electrons. The maximum Gasteiger partial charge on any atom is 0 e. The van der Waals surface area contributed by atoms with Crippen molar-refractivity contribution in [1.29, 1.82) is 0 Å². The number of benzene rings is 2. The molecular formula is C13H10K. The van der Waals surface area contributed by atoms with E-state index in [9.17, 15) is 0 Å². The fraction of sp³-hybridized carbons (Fsp3) is 0.0769. The molecule has 1 aliphatic carbocycles. The fourth-order valence-electron chi connectivity index (χ4n) is 2.08. The molecule has 63 valence electrons. The number of hydrogen-bond acceptors (Lipinski definition) is 0. The molecule has 0 saturated carbocycles. The second kappa shape index (κ2) is 4.29. The van der Waals surface area contributed by atoms with E-state index in [1.165, 1.54) is 22.3 Å². The second-order valence-corrected chi connectivity index (χ2v) is 3.49. The maximum atomic E-state index is 2.22. The SMILES string of the molecule is [K].c1ccc2c(c1)Cc1ccccc1-2. The third kappa shape index (κ3) is 1.64. The minimum atomic E-state index is 0. The van der Waals surface area contributed by atoms with Crippen molar-refractivity contribution < 1.29 is 0 Å². The summed E-state index contributed by atoms with van der Waals surface area (Å²) in [5.41, 5.74) is 5.75. The zero-order valence-corrected chi connectivity index (χ0v) is 11.4. The van der Waals surface area contributed by atoms with E-state index in [4.69, 9.17) is 0 Å². The van der Waals surface area contributed by atoms with Gasteiger partial charge >= 0.3 is 0 Å². The van der Waals surface area contributed by atoms with Gasteiger partial charge in [-0.25, -0.2) is 0 Å². The summed E-state index contributed by atoms with van der Waals surface area (Å²) >= 11 is 0. The second-order valence-electron chi connectivity index (χ2n) is 3.49. The third-order valence-corrected chi connectivity index (χ3v) is 2.71. The van der Waals surface area contributed by atoms with Gasteiger partial charge in [0.15, 0.2) is 0 Å². The number of fused-ring (bicyclic) bond motifs is 3. The summed E-state index contributed by atoms with van der Waals surface area (Å²) in [4.78, 5) is 0. The van der Waals surface area contributed by atoms with Crippen molar-refractivity contribution in [1.82, 2.24) is 0 Å². The van der Waals surface area contributed by atoms with Crippen LogP contribution in [0.5, 0.6) is 0 Å². The Morgan fingerprint density at radius 3 is 1.57 bits per heavy atom. The molecule has 0 bridgehead atoms. The fourth-order valence-corrected chi connectivity index (χ4v) is 2.08. The molecule has 2 aromatic carbocycles. The number of rotatable bonds is 0. The van der Waals surface area contributed by atoms with Crippen LogP contribution in [0.3, 0.4) is 0 Å². The van der Waals surface area contributed by atoms with Crippen molar-refractivity contribution in [2.24, 2.45) is 0 Å². The van der Waals surface area contributed by atoms with Crippen LogP contribution in [-0.4, -0.2) is 51.4 Å². The minimum Gasteiger partial charge on any atom is -0.0619 e. The molecule has 0 amide bonds. The molecule has 2 aromatic rings. The van der Waals surface area contributed by atoms with Crippen molar-refractivity contribution in [2.45, 2.75) is 6.42 Å². The van der Waals surface area contributed by atoms with Gasteiger partial charge in [0, 0.05) is 51.4 Å². The van der Waals surface area contributed by atoms with Crippen LogP contribution in [0.15, 0.2) is 48.5 Å². The summed E-state index contributed by atoms with van der Waals surface area (Å²) in [6.45, 7) is 0. The van der Waals surface area contributed by atoms with Crippen molar-refractivity contribution in [3.05, 3.63) is 59.7 Å². The van der Waals surface area contributed by atoms with Crippen LogP contribution in [0.1, 0.15) is 11.1 Å². The molecule has 0 aromatic heterocycles. The van der Waals surface area contributed by atoms with E-state index in [0.717, 1.165) is 6.42 Å². The molecule has 0 N–H and O–H groups in total. The Labute approximate surface area is 127 Å². The average Bonchev–Trinajstić information content (AvgIpc) is 2.56. The predicted octanol–water partition coefficient (Wildman–Crippen LogP) is 2.88. The average molecular weight is 205 g/mol. The van der Waals surface area contributed by atoms with Crippen molar-refractivity contribution in [2.75, 3.05) is 0 Å². The summed E-state index contributed by atoms with van der Waals surface area (Å²) in [6, 6.07) is 17.3. The van der Waals surface area contributed by atoms with Crippen LogP contribution in [0.4, 0.5) is 0 Å². The summed E-state index contributed by atoms with van der Waals surface area (Å²) in [6.07, 6.45) is 1.10. The van der Waals surface area contributed by atoms with E-state index >= 15 is 0 Å². The van der Waals surface area contributed by atoms with E-state index in [0.29, 0.717) is 0 Å². The molecule has 0 fully saturated rings. The van der Waals surface area contributed by atoms with Crippen LogP contribution in [0.2, 0.25) is 0 Å². The molecule has 1 aliphatic rings. The Kier molecular flexibility index (Phi) is 3.25. The molecule has 0 atom stereocenters. The van der Waals surface area contributed by atoms with Gasteiger partial charge in [-0.3, -0.25) is 0 Å². The quantitative estimate of drug-likeness (QED) is 0.495. The molecule has 0 nitrogen and oxygen atoms in total. The Morgan fingerprint density at radius 2 is 1.07 bits per heavy atom. The molecular weight excluding hydrogens is 195 g/mol. The van der Waals surface area contributed by atoms with Gasteiger partial charge in [-0.05, 0) is 28.7 Å². The van der Waals surface area contributed by atoms with Crippen LogP contribution in [0, 0.1) is 0 Å². The summed E-state index contributed by atoms with van der Waals surface area (Å²) < 4.78 is 0. The smallest absolute Gasteiger partial charge is 0 e. The standard InChI is InChI=1S/C13H10.K/c1-3-7-12-10(5-1)9-11-6-2-4-8-13(11)12;/h1-8H,9H2;. The molecule has 14 heavy (non-hydrogen) atoms. The van der Waals surface area contributed by atoms with Crippen LogP contribution < -0.4 is 0 Å². The Balaban J connectivity index is 0.000000750. The minimum absolute atomic E-state index is 0. The normalized spacial score (nSPS) is 11.4. The van der Waals surface area contributed by atoms with Crippen molar-refractivity contribution in [3.8, 4) is 11.1 Å². The summed E-state index contributed by atoms with van der Waals surface area (Å²) in [5.74, 6) is 0. The van der Waals surface area contributed by atoms with Crippen LogP contribution >= 0.6 is 0 Å². The largest absolute Gasteiger partial charge is 0.0619 e. The first-order valence-electron chi connectivity index (χ1n) is 4.61. The Morgan fingerprint density at radius 1 is 0.643 bits per heavy atom. The Bertz CT molecular complexity index is 417. The first kappa shape index (κ1) is 10.6. The molecule has 0 aliphatic heterocycles. The molecule has 0 heterocycles. The third-order valence-electron chi connectivity index (χ3n) is 2.71. The molecule has 1 heteroatoms. The van der Waals surface area contributed by atoms with Crippen molar-refractivity contribution >= 4 is 51.4 Å². The molecule has 0 saturated heterocycles. The molecule has 0 unspecified atom stereocenters. The first-order valence-corrected chi connectivity index (χ1v) is 4.61. The first-order chi connectivity index (χ1) is 6.45. The van der Waals surface area contributed by atoms with E-state index in [2.05, 4.69) is 48.5 Å². The van der Waals surface area contributed by atoms with E-state index < -0.39 is 0 Å². The van der Waals surface area contributed by atoms with Gasteiger partial charge < -0.3 is 0 Å². The monoisotopic (exact) mass is 205 g/mol. The van der Waals surface area contributed by atoms with Gasteiger partial charge in [0.05, 0.1) is 0 Å². The van der Waals surface area contributed by atoms with Gasteiger partial charge in [-0.2, -0.15) is 0 Å². The molecule has 3 rings (SSSR count). The maximum absolute atomic E-state index is 2.22. The van der Waals surface area contributed by atoms with E-state index in [1.807, 2.05) is 0 Å². The van der Waals surface area contributed by atoms with E-state index in [1.54, 1.807) is 0 Å².